The molecule has 1 aromatic carbocycles. The lowest BCUT2D eigenvalue weighted by molar-refractivity contribution is -0.141. The number of carbonyl (C=O) groups is 2. The lowest BCUT2D eigenvalue weighted by Crippen LogP contribution is -2.32. The summed E-state index contributed by atoms with van der Waals surface area (Å²) >= 11 is 0. The predicted molar refractivity (Wildman–Crippen MR) is 105 cm³/mol. The van der Waals surface area contributed by atoms with Crippen molar-refractivity contribution >= 4 is 11.9 Å². The molecule has 0 aliphatic carbocycles. The average molecular weight is 363 g/mol. The van der Waals surface area contributed by atoms with Gasteiger partial charge in [0.2, 0.25) is 5.91 Å². The number of hydrogen-bond donors (Lipinski definition) is 2. The van der Waals surface area contributed by atoms with Gasteiger partial charge in [0.15, 0.2) is 0 Å². The second-order valence-corrected chi connectivity index (χ2v) is 6.99. The zero-order chi connectivity index (χ0) is 19.5. The van der Waals surface area contributed by atoms with Crippen LogP contribution in [0.4, 0.5) is 0 Å². The summed E-state index contributed by atoms with van der Waals surface area (Å²) in [5.74, 6) is -1.37. The molecule has 0 aromatic heterocycles. The fourth-order valence-electron chi connectivity index (χ4n) is 2.95. The summed E-state index contributed by atoms with van der Waals surface area (Å²) in [7, 11) is 0. The highest BCUT2D eigenvalue weighted by Crippen LogP contribution is 2.18. The van der Waals surface area contributed by atoms with Crippen LogP contribution in [0.3, 0.4) is 0 Å². The number of hydrogen-bond acceptors (Lipinski definition) is 3. The third kappa shape index (κ3) is 7.56. The van der Waals surface area contributed by atoms with Crippen LogP contribution in [0.2, 0.25) is 0 Å². The van der Waals surface area contributed by atoms with E-state index in [4.69, 9.17) is 5.11 Å². The second kappa shape index (κ2) is 11.7. The summed E-state index contributed by atoms with van der Waals surface area (Å²) in [6.07, 6.45) is 2.61. The van der Waals surface area contributed by atoms with Gasteiger partial charge in [-0.3, -0.25) is 9.59 Å². The van der Waals surface area contributed by atoms with Crippen LogP contribution in [0.1, 0.15) is 57.6 Å². The van der Waals surface area contributed by atoms with Crippen LogP contribution in [0.15, 0.2) is 24.3 Å². The molecule has 0 heterocycles. The van der Waals surface area contributed by atoms with Gasteiger partial charge < -0.3 is 15.3 Å². The van der Waals surface area contributed by atoms with Crippen molar-refractivity contribution in [3.8, 4) is 0 Å². The van der Waals surface area contributed by atoms with E-state index < -0.39 is 11.9 Å². The minimum Gasteiger partial charge on any atom is -0.481 e. The summed E-state index contributed by atoms with van der Waals surface area (Å²) < 4.78 is 0. The molecule has 0 bridgehead atoms. The predicted octanol–water partition coefficient (Wildman–Crippen LogP) is 3.29. The number of rotatable bonds is 12. The molecular formula is C21H34N2O3. The smallest absolute Gasteiger partial charge is 0.306 e. The molecule has 0 saturated heterocycles. The van der Waals surface area contributed by atoms with Gasteiger partial charge in [-0.1, -0.05) is 45.0 Å². The number of carboxylic acid groups (broad SMARTS) is 1. The van der Waals surface area contributed by atoms with Crippen molar-refractivity contribution in [2.45, 2.75) is 52.9 Å². The number of carboxylic acids is 1. The molecule has 1 aromatic rings. The highest BCUT2D eigenvalue weighted by Gasteiger charge is 2.16. The maximum atomic E-state index is 12.3. The fraction of sp³-hybridized carbons (Fsp3) is 0.619. The molecule has 5 heteroatoms. The molecule has 0 spiro atoms. The minimum atomic E-state index is -0.789. The lowest BCUT2D eigenvalue weighted by atomic mass is 9.96. The van der Waals surface area contributed by atoms with Gasteiger partial charge in [-0.25, -0.2) is 0 Å². The first-order chi connectivity index (χ1) is 12.4. The van der Waals surface area contributed by atoms with Crippen LogP contribution in [-0.2, 0) is 16.0 Å². The largest absolute Gasteiger partial charge is 0.481 e. The summed E-state index contributed by atoms with van der Waals surface area (Å²) in [5.41, 5.74) is 1.93. The molecule has 0 aliphatic heterocycles. The van der Waals surface area contributed by atoms with E-state index in [0.29, 0.717) is 13.0 Å². The first kappa shape index (κ1) is 22.2. The van der Waals surface area contributed by atoms with Gasteiger partial charge in [-0.2, -0.15) is 0 Å². The summed E-state index contributed by atoms with van der Waals surface area (Å²) in [6, 6.07) is 7.69. The molecule has 146 valence electrons. The van der Waals surface area contributed by atoms with E-state index in [0.717, 1.165) is 43.6 Å². The van der Waals surface area contributed by atoms with E-state index in [1.54, 1.807) is 6.92 Å². The third-order valence-corrected chi connectivity index (χ3v) is 4.77. The highest BCUT2D eigenvalue weighted by atomic mass is 16.4. The van der Waals surface area contributed by atoms with Crippen LogP contribution in [0.5, 0.6) is 0 Å². The number of benzene rings is 1. The van der Waals surface area contributed by atoms with Gasteiger partial charge in [0, 0.05) is 6.54 Å². The molecule has 26 heavy (non-hydrogen) atoms. The van der Waals surface area contributed by atoms with Crippen LogP contribution >= 0.6 is 0 Å². The van der Waals surface area contributed by atoms with Crippen molar-refractivity contribution in [3.05, 3.63) is 35.4 Å². The van der Waals surface area contributed by atoms with Gasteiger partial charge in [-0.05, 0) is 56.9 Å². The average Bonchev–Trinajstić information content (AvgIpc) is 2.63. The Labute approximate surface area is 157 Å². The van der Waals surface area contributed by atoms with Gasteiger partial charge >= 0.3 is 5.97 Å². The zero-order valence-electron chi connectivity index (χ0n) is 16.6. The Balaban J connectivity index is 2.44. The first-order valence-electron chi connectivity index (χ1n) is 9.70. The topological polar surface area (TPSA) is 69.6 Å². The van der Waals surface area contributed by atoms with Crippen LogP contribution in [0.25, 0.3) is 0 Å². The molecule has 0 radical (unpaired) electrons. The van der Waals surface area contributed by atoms with Crippen molar-refractivity contribution < 1.29 is 14.7 Å². The quantitative estimate of drug-likeness (QED) is 0.560. The van der Waals surface area contributed by atoms with Gasteiger partial charge in [0.05, 0.1) is 11.8 Å². The molecule has 0 fully saturated rings. The van der Waals surface area contributed by atoms with Crippen LogP contribution in [0, 0.1) is 5.92 Å². The SMILES string of the molecule is CCCN(CC)CCCNC(=O)C(C)c1ccc(CC(C)C(=O)O)cc1. The Kier molecular flexibility index (Phi) is 9.96. The summed E-state index contributed by atoms with van der Waals surface area (Å²) in [4.78, 5) is 25.7. The van der Waals surface area contributed by atoms with Crippen LogP contribution in [-0.4, -0.2) is 48.1 Å². The summed E-state index contributed by atoms with van der Waals surface area (Å²) in [5, 5.41) is 12.0. The van der Waals surface area contributed by atoms with Crippen molar-refractivity contribution in [1.29, 1.82) is 0 Å². The maximum absolute atomic E-state index is 12.3. The fourth-order valence-corrected chi connectivity index (χ4v) is 2.95. The molecule has 1 amide bonds. The molecular weight excluding hydrogens is 328 g/mol. The van der Waals surface area contributed by atoms with E-state index in [2.05, 4.69) is 24.1 Å². The number of nitrogens with one attached hydrogen (secondary N) is 1. The molecule has 5 nitrogen and oxygen atoms in total. The minimum absolute atomic E-state index is 0.0372. The first-order valence-corrected chi connectivity index (χ1v) is 9.70. The van der Waals surface area contributed by atoms with Gasteiger partial charge in [-0.15, -0.1) is 0 Å². The number of amides is 1. The normalized spacial score (nSPS) is 13.4. The zero-order valence-corrected chi connectivity index (χ0v) is 16.6. The molecule has 0 saturated carbocycles. The Morgan fingerprint density at radius 3 is 2.31 bits per heavy atom. The van der Waals surface area contributed by atoms with Crippen LogP contribution < -0.4 is 5.32 Å². The Hall–Kier alpha value is -1.88. The van der Waals surface area contributed by atoms with E-state index in [1.807, 2.05) is 31.2 Å². The van der Waals surface area contributed by atoms with E-state index in [-0.39, 0.29) is 11.8 Å². The van der Waals surface area contributed by atoms with Gasteiger partial charge in [0.25, 0.3) is 0 Å². The Morgan fingerprint density at radius 2 is 1.77 bits per heavy atom. The monoisotopic (exact) mass is 362 g/mol. The number of nitrogens with zero attached hydrogens (tertiary/aromatic N) is 1. The molecule has 0 aliphatic rings. The number of carbonyl (C=O) groups excluding carboxylic acids is 1. The molecule has 2 unspecified atom stereocenters. The third-order valence-electron chi connectivity index (χ3n) is 4.77. The molecule has 2 atom stereocenters. The second-order valence-electron chi connectivity index (χ2n) is 6.99. The Bertz CT molecular complexity index is 557. The molecule has 1 rings (SSSR count). The van der Waals surface area contributed by atoms with Crippen molar-refractivity contribution in [2.75, 3.05) is 26.2 Å². The lowest BCUT2D eigenvalue weighted by Gasteiger charge is -2.19. The van der Waals surface area contributed by atoms with E-state index >= 15 is 0 Å². The van der Waals surface area contributed by atoms with E-state index in [9.17, 15) is 9.59 Å². The standard InChI is InChI=1S/C21H34N2O3/c1-5-13-23(6-2)14-7-12-22-20(24)17(4)19-10-8-18(9-11-19)15-16(3)21(25)26/h8-11,16-17H,5-7,12-15H2,1-4H3,(H,22,24)(H,25,26). The van der Waals surface area contributed by atoms with Gasteiger partial charge in [0.1, 0.15) is 0 Å². The van der Waals surface area contributed by atoms with Crippen molar-refractivity contribution in [3.63, 3.8) is 0 Å². The van der Waals surface area contributed by atoms with E-state index in [1.165, 1.54) is 0 Å². The maximum Gasteiger partial charge on any atom is 0.306 e. The van der Waals surface area contributed by atoms with Crippen molar-refractivity contribution in [2.24, 2.45) is 5.92 Å². The molecule has 2 N–H and O–H groups in total. The number of aliphatic carboxylic acids is 1. The summed E-state index contributed by atoms with van der Waals surface area (Å²) in [6.45, 7) is 11.8. The van der Waals surface area contributed by atoms with Crippen molar-refractivity contribution in [1.82, 2.24) is 10.2 Å². The highest BCUT2D eigenvalue weighted by molar-refractivity contribution is 5.83. The Morgan fingerprint density at radius 1 is 1.12 bits per heavy atom.